The number of rotatable bonds is 4. The number of hydrogen-bond acceptors (Lipinski definition) is 4. The van der Waals surface area contributed by atoms with Gasteiger partial charge in [-0.25, -0.2) is 15.0 Å². The summed E-state index contributed by atoms with van der Waals surface area (Å²) < 4.78 is 0. The van der Waals surface area contributed by atoms with Gasteiger partial charge in [0, 0.05) is 16.7 Å². The lowest BCUT2D eigenvalue weighted by Crippen LogP contribution is -2.48. The second kappa shape index (κ2) is 10.1. The molecule has 1 aromatic heterocycles. The molecule has 0 aliphatic heterocycles. The summed E-state index contributed by atoms with van der Waals surface area (Å²) in [7, 11) is 0. The van der Waals surface area contributed by atoms with Crippen LogP contribution in [0.5, 0.6) is 0 Å². The highest BCUT2D eigenvalue weighted by Gasteiger charge is 2.51. The molecular formula is C40H38N4. The van der Waals surface area contributed by atoms with Gasteiger partial charge >= 0.3 is 0 Å². The molecule has 0 N–H and O–H groups in total. The maximum atomic E-state index is 9.34. The van der Waals surface area contributed by atoms with Gasteiger partial charge in [0.1, 0.15) is 0 Å². The van der Waals surface area contributed by atoms with Crippen LogP contribution in [0.4, 0.5) is 0 Å². The Morgan fingerprint density at radius 2 is 1.09 bits per heavy atom. The average Bonchev–Trinajstić information content (AvgIpc) is 3.03. The Hall–Kier alpha value is -4.36. The van der Waals surface area contributed by atoms with Crippen LogP contribution in [0, 0.1) is 29.1 Å². The molecule has 0 unspecified atom stereocenters. The van der Waals surface area contributed by atoms with E-state index < -0.39 is 0 Å². The fraction of sp³-hybridized carbons (Fsp3) is 0.350. The van der Waals surface area contributed by atoms with Gasteiger partial charge in [0.25, 0.3) is 0 Å². The Bertz CT molecular complexity index is 1890. The van der Waals surface area contributed by atoms with Crippen molar-refractivity contribution in [2.75, 3.05) is 0 Å². The Morgan fingerprint density at radius 1 is 0.614 bits per heavy atom. The van der Waals surface area contributed by atoms with Crippen LogP contribution in [-0.4, -0.2) is 15.0 Å². The molecule has 5 aromatic rings. The monoisotopic (exact) mass is 574 g/mol. The molecule has 4 saturated carbocycles. The molecule has 1 heterocycles. The maximum absolute atomic E-state index is 9.34. The van der Waals surface area contributed by atoms with E-state index in [0.29, 0.717) is 28.5 Å². The van der Waals surface area contributed by atoms with Gasteiger partial charge in [0.15, 0.2) is 17.5 Å². The average molecular weight is 575 g/mol. The van der Waals surface area contributed by atoms with Crippen molar-refractivity contribution in [1.82, 2.24) is 15.0 Å². The van der Waals surface area contributed by atoms with E-state index in [1.165, 1.54) is 49.7 Å². The van der Waals surface area contributed by atoms with Crippen LogP contribution >= 0.6 is 0 Å². The number of hydrogen-bond donors (Lipinski definition) is 0. The third-order valence-electron chi connectivity index (χ3n) is 10.7. The summed E-state index contributed by atoms with van der Waals surface area (Å²) in [6.45, 7) is 6.69. The summed E-state index contributed by atoms with van der Waals surface area (Å²) in [6.07, 6.45) is 8.46. The third kappa shape index (κ3) is 4.80. The van der Waals surface area contributed by atoms with Crippen molar-refractivity contribution in [2.24, 2.45) is 17.8 Å². The van der Waals surface area contributed by atoms with Crippen molar-refractivity contribution in [1.29, 1.82) is 5.26 Å². The highest BCUT2D eigenvalue weighted by Crippen LogP contribution is 2.60. The molecule has 4 fully saturated rings. The molecule has 9 rings (SSSR count). The molecule has 0 atom stereocenters. The zero-order chi connectivity index (χ0) is 30.1. The van der Waals surface area contributed by atoms with Crippen LogP contribution in [0.2, 0.25) is 0 Å². The molecule has 0 saturated heterocycles. The minimum absolute atomic E-state index is 0.0723. The quantitative estimate of drug-likeness (QED) is 0.214. The first-order chi connectivity index (χ1) is 21.2. The van der Waals surface area contributed by atoms with E-state index in [9.17, 15) is 5.26 Å². The summed E-state index contributed by atoms with van der Waals surface area (Å²) in [5.41, 5.74) is 6.83. The molecule has 218 valence electrons. The highest BCUT2D eigenvalue weighted by molar-refractivity contribution is 5.87. The number of fused-ring (bicyclic) bond motifs is 1. The van der Waals surface area contributed by atoms with Crippen molar-refractivity contribution >= 4 is 10.8 Å². The van der Waals surface area contributed by atoms with Gasteiger partial charge in [0.05, 0.1) is 11.6 Å². The van der Waals surface area contributed by atoms with Gasteiger partial charge in [0.2, 0.25) is 0 Å². The summed E-state index contributed by atoms with van der Waals surface area (Å²) in [5, 5.41) is 11.4. The standard InChI is InChI=1S/C40H38N4/c1-39(2,3)34-12-8-29(9-13-34)36-42-37(44-38(43-36)33-7-6-31-19-25(24-41)4-5-32(31)20-33)30-10-14-35(15-11-30)40-21-26-16-27(22-40)18-28(17-26)23-40/h4-15,19-20,26-28H,16-18,21-23H2,1-3H3. The first kappa shape index (κ1) is 27.2. The van der Waals surface area contributed by atoms with Gasteiger partial charge in [-0.1, -0.05) is 87.5 Å². The normalized spacial score (nSPS) is 24.0. The molecule has 0 radical (unpaired) electrons. The molecule has 4 aliphatic carbocycles. The smallest absolute Gasteiger partial charge is 0.164 e. The van der Waals surface area contributed by atoms with E-state index in [2.05, 4.69) is 81.4 Å². The number of benzene rings is 4. The largest absolute Gasteiger partial charge is 0.208 e. The van der Waals surface area contributed by atoms with Crippen molar-refractivity contribution < 1.29 is 0 Å². The lowest BCUT2D eigenvalue weighted by atomic mass is 9.48. The fourth-order valence-corrected chi connectivity index (χ4v) is 8.77. The highest BCUT2D eigenvalue weighted by atomic mass is 15.0. The first-order valence-electron chi connectivity index (χ1n) is 16.2. The van der Waals surface area contributed by atoms with Crippen LogP contribution < -0.4 is 0 Å². The molecule has 4 aliphatic rings. The summed E-state index contributed by atoms with van der Waals surface area (Å²) in [4.78, 5) is 15.1. The summed E-state index contributed by atoms with van der Waals surface area (Å²) >= 11 is 0. The number of nitriles is 1. The van der Waals surface area contributed by atoms with Crippen molar-refractivity contribution in [2.45, 2.75) is 70.1 Å². The zero-order valence-corrected chi connectivity index (χ0v) is 25.8. The molecule has 4 bridgehead atoms. The molecule has 44 heavy (non-hydrogen) atoms. The van der Waals surface area contributed by atoms with Crippen LogP contribution in [0.1, 0.15) is 76.0 Å². The topological polar surface area (TPSA) is 62.5 Å². The molecule has 0 amide bonds. The molecule has 0 spiro atoms. The Morgan fingerprint density at radius 3 is 1.64 bits per heavy atom. The van der Waals surface area contributed by atoms with Crippen molar-refractivity contribution in [3.63, 3.8) is 0 Å². The van der Waals surface area contributed by atoms with Crippen LogP contribution in [0.3, 0.4) is 0 Å². The molecule has 4 nitrogen and oxygen atoms in total. The molecular weight excluding hydrogens is 536 g/mol. The minimum atomic E-state index is 0.0723. The predicted molar refractivity (Wildman–Crippen MR) is 177 cm³/mol. The van der Waals surface area contributed by atoms with Gasteiger partial charge in [-0.15, -0.1) is 0 Å². The minimum Gasteiger partial charge on any atom is -0.208 e. The van der Waals surface area contributed by atoms with Crippen LogP contribution in [0.25, 0.3) is 44.9 Å². The second-order valence-corrected chi connectivity index (χ2v) is 14.8. The SMILES string of the molecule is CC(C)(C)c1ccc(-c2nc(-c3ccc(C45CC6CC(CC(C6)C4)C5)cc3)nc(-c3ccc4cc(C#N)ccc4c3)n2)cc1. The van der Waals surface area contributed by atoms with Gasteiger partial charge in [-0.2, -0.15) is 5.26 Å². The lowest BCUT2D eigenvalue weighted by molar-refractivity contribution is -0.00518. The van der Waals surface area contributed by atoms with E-state index in [0.717, 1.165) is 45.2 Å². The van der Waals surface area contributed by atoms with Crippen molar-refractivity contribution in [3.05, 3.63) is 102 Å². The Kier molecular flexibility index (Phi) is 6.24. The molecule has 4 heteroatoms. The van der Waals surface area contributed by atoms with Gasteiger partial charge < -0.3 is 0 Å². The fourth-order valence-electron chi connectivity index (χ4n) is 8.77. The van der Waals surface area contributed by atoms with Gasteiger partial charge in [-0.3, -0.25) is 0 Å². The Labute approximate surface area is 260 Å². The predicted octanol–water partition coefficient (Wildman–Crippen LogP) is 9.66. The number of aromatic nitrogens is 3. The maximum Gasteiger partial charge on any atom is 0.164 e. The van der Waals surface area contributed by atoms with E-state index in [4.69, 9.17) is 15.0 Å². The van der Waals surface area contributed by atoms with Crippen LogP contribution in [-0.2, 0) is 10.8 Å². The van der Waals surface area contributed by atoms with Gasteiger partial charge in [-0.05, 0) is 107 Å². The first-order valence-corrected chi connectivity index (χ1v) is 16.2. The summed E-state index contributed by atoms with van der Waals surface area (Å²) in [6, 6.07) is 32.1. The van der Waals surface area contributed by atoms with E-state index in [1.54, 1.807) is 0 Å². The van der Waals surface area contributed by atoms with E-state index in [-0.39, 0.29) is 5.41 Å². The van der Waals surface area contributed by atoms with Crippen molar-refractivity contribution in [3.8, 4) is 40.2 Å². The zero-order valence-electron chi connectivity index (χ0n) is 25.8. The summed E-state index contributed by atoms with van der Waals surface area (Å²) in [5.74, 6) is 4.80. The Balaban J connectivity index is 1.20. The van der Waals surface area contributed by atoms with Crippen LogP contribution in [0.15, 0.2) is 84.9 Å². The molecule has 4 aromatic carbocycles. The third-order valence-corrected chi connectivity index (χ3v) is 10.7. The number of nitrogens with zero attached hydrogens (tertiary/aromatic N) is 4. The second-order valence-electron chi connectivity index (χ2n) is 14.8. The lowest BCUT2D eigenvalue weighted by Gasteiger charge is -2.57. The van der Waals surface area contributed by atoms with E-state index >= 15 is 0 Å². The van der Waals surface area contributed by atoms with E-state index in [1.807, 2.05) is 30.3 Å².